The number of nitrogens with one attached hydrogen (secondary N) is 1. The van der Waals surface area contributed by atoms with Crippen molar-refractivity contribution < 1.29 is 53.1 Å². The third-order valence-electron chi connectivity index (χ3n) is 13.8. The van der Waals surface area contributed by atoms with Gasteiger partial charge in [0.05, 0.1) is 24.1 Å². The molecule has 4 aliphatic rings. The predicted molar refractivity (Wildman–Crippen MR) is 272 cm³/mol. The smallest absolute Gasteiger partial charge is 0.412 e. The van der Waals surface area contributed by atoms with Crippen molar-refractivity contribution in [1.82, 2.24) is 10.2 Å². The Morgan fingerprint density at radius 3 is 2.31 bits per heavy atom. The number of hydrogen-bond donors (Lipinski definition) is 3. The zero-order valence-electron chi connectivity index (χ0n) is 42.2. The molecule has 0 saturated heterocycles. The first kappa shape index (κ1) is 54.8. The summed E-state index contributed by atoms with van der Waals surface area (Å²) in [6.07, 6.45) is 19.3. The van der Waals surface area contributed by atoms with E-state index in [1.807, 2.05) is 51.1 Å². The zero-order valence-corrected chi connectivity index (χ0v) is 43.0. The second-order valence-corrected chi connectivity index (χ2v) is 20.5. The number of aliphatic hydroxyl groups excluding tert-OH is 2. The lowest BCUT2D eigenvalue weighted by molar-refractivity contribution is -0.256. The Kier molecular flexibility index (Phi) is 21.4. The van der Waals surface area contributed by atoms with E-state index in [4.69, 9.17) is 50.0 Å². The number of fused-ring (bicyclic) bond motifs is 3. The molecule has 70 heavy (non-hydrogen) atoms. The Labute approximate surface area is 421 Å². The number of rotatable bonds is 29. The lowest BCUT2D eigenvalue weighted by atomic mass is 9.55. The number of aliphatic hydroxyl groups is 2. The van der Waals surface area contributed by atoms with E-state index >= 15 is 0 Å². The predicted octanol–water partition coefficient (Wildman–Crippen LogP) is 11.7. The van der Waals surface area contributed by atoms with E-state index in [1.54, 1.807) is 17.0 Å². The number of halogens is 1. The fourth-order valence-corrected chi connectivity index (χ4v) is 10.7. The highest BCUT2D eigenvalue weighted by Gasteiger charge is 2.66. The number of nitrogens with zero attached hydrogens (tertiary/aromatic N) is 2. The Hall–Kier alpha value is -4.50. The molecule has 2 heterocycles. The van der Waals surface area contributed by atoms with Crippen molar-refractivity contribution in [1.29, 1.82) is 0 Å². The van der Waals surface area contributed by atoms with Gasteiger partial charge in [-0.15, -0.1) is 18.2 Å². The van der Waals surface area contributed by atoms with Gasteiger partial charge in [0.1, 0.15) is 29.7 Å². The second kappa shape index (κ2) is 27.4. The molecule has 0 radical (unpaired) electrons. The van der Waals surface area contributed by atoms with Crippen molar-refractivity contribution in [3.05, 3.63) is 71.8 Å². The molecule has 1 fully saturated rings. The minimum Gasteiger partial charge on any atom is -0.459 e. The third kappa shape index (κ3) is 14.6. The Morgan fingerprint density at radius 1 is 0.914 bits per heavy atom. The molecule has 0 aromatic heterocycles. The van der Waals surface area contributed by atoms with Crippen LogP contribution in [-0.4, -0.2) is 96.1 Å². The molecule has 14 nitrogen and oxygen atoms in total. The van der Waals surface area contributed by atoms with Crippen molar-refractivity contribution in [2.75, 3.05) is 45.6 Å². The molecule has 6 rings (SSSR count). The Morgan fingerprint density at radius 2 is 1.61 bits per heavy atom. The Bertz CT molecular complexity index is 2060. The van der Waals surface area contributed by atoms with Crippen LogP contribution in [0.2, 0.25) is 0 Å². The molecule has 0 unspecified atom stereocenters. The number of ether oxygens (including phenoxy) is 6. The Balaban J connectivity index is 1.42. The van der Waals surface area contributed by atoms with Crippen molar-refractivity contribution in [2.45, 2.75) is 167 Å². The van der Waals surface area contributed by atoms with Crippen LogP contribution in [0, 0.1) is 17.8 Å². The van der Waals surface area contributed by atoms with Crippen LogP contribution in [0.4, 0.5) is 9.59 Å². The summed E-state index contributed by atoms with van der Waals surface area (Å²) in [5, 5.41) is 27.9. The van der Waals surface area contributed by atoms with Crippen LogP contribution in [0.3, 0.4) is 0 Å². The molecule has 2 amide bonds. The number of carbonyl (C=O) groups excluding carboxylic acids is 2. The topological polar surface area (TPSA) is 167 Å². The first-order chi connectivity index (χ1) is 34.0. The molecule has 0 bridgehead atoms. The second-order valence-electron chi connectivity index (χ2n) is 20.1. The van der Waals surface area contributed by atoms with Crippen LogP contribution >= 0.6 is 11.6 Å². The van der Waals surface area contributed by atoms with Crippen LogP contribution in [0.25, 0.3) is 0 Å². The maximum absolute atomic E-state index is 14.7. The van der Waals surface area contributed by atoms with Crippen LogP contribution in [-0.2, 0) is 20.9 Å². The molecule has 2 aliphatic heterocycles. The number of alkyl halides is 1. The molecular weight excluding hydrogens is 914 g/mol. The number of amides is 2. The quantitative estimate of drug-likeness (QED) is 0.0307. The van der Waals surface area contributed by atoms with Gasteiger partial charge in [0.2, 0.25) is 12.6 Å². The average Bonchev–Trinajstić information content (AvgIpc) is 3.82. The summed E-state index contributed by atoms with van der Waals surface area (Å²) >= 11 is 6.14. The van der Waals surface area contributed by atoms with E-state index in [-0.39, 0.29) is 69.8 Å². The number of oxime groups is 1. The van der Waals surface area contributed by atoms with Gasteiger partial charge < -0.3 is 48.8 Å². The van der Waals surface area contributed by atoms with Crippen molar-refractivity contribution in [3.63, 3.8) is 0 Å². The summed E-state index contributed by atoms with van der Waals surface area (Å²) in [5.41, 5.74) is 2.45. The number of carbonyl (C=O) groups is 2. The summed E-state index contributed by atoms with van der Waals surface area (Å²) in [4.78, 5) is 36.0. The van der Waals surface area contributed by atoms with Gasteiger partial charge in [0.15, 0.2) is 11.5 Å². The fourth-order valence-electron chi connectivity index (χ4n) is 10.6. The molecule has 2 aromatic carbocycles. The lowest BCUT2D eigenvalue weighted by Gasteiger charge is -2.60. The summed E-state index contributed by atoms with van der Waals surface area (Å²) in [6.45, 7) is 13.0. The highest BCUT2D eigenvalue weighted by Crippen LogP contribution is 2.62. The van der Waals surface area contributed by atoms with E-state index in [9.17, 15) is 19.8 Å². The summed E-state index contributed by atoms with van der Waals surface area (Å²) in [7, 11) is 0. The average molecular weight is 995 g/mol. The van der Waals surface area contributed by atoms with E-state index in [0.29, 0.717) is 48.1 Å². The minimum atomic E-state index is -1.55. The molecule has 3 N–H and O–H groups in total. The van der Waals surface area contributed by atoms with Crippen LogP contribution < -0.4 is 24.3 Å². The maximum Gasteiger partial charge on any atom is 0.412 e. The highest BCUT2D eigenvalue weighted by molar-refractivity contribution is 6.18. The van der Waals surface area contributed by atoms with Gasteiger partial charge in [0, 0.05) is 44.2 Å². The van der Waals surface area contributed by atoms with E-state index in [0.717, 1.165) is 61.6 Å². The SMILES string of the molecule is C=CCO[C@@]12Oc3ccc(OC(=O)NCCCCCCCCCCCC)cc3[C@H]3[C@H](CCCCO)[C@@H](CCCCO)C=C(C(=NOC(C)(C)C)C[C@@H]1N(Cc1ccc4c(c1)OCO4)C(=O)OCCCl)[C@H]32. The largest absolute Gasteiger partial charge is 0.459 e. The molecule has 15 heteroatoms. The summed E-state index contributed by atoms with van der Waals surface area (Å²) in [5.74, 6) is -0.332. The van der Waals surface area contributed by atoms with Gasteiger partial charge in [-0.25, -0.2) is 9.59 Å². The van der Waals surface area contributed by atoms with Gasteiger partial charge in [-0.05, 0) is 106 Å². The van der Waals surface area contributed by atoms with Gasteiger partial charge in [-0.3, -0.25) is 4.90 Å². The number of hydrogen-bond acceptors (Lipinski definition) is 12. The monoisotopic (exact) mass is 994 g/mol. The van der Waals surface area contributed by atoms with E-state index < -0.39 is 35.5 Å². The molecule has 6 atom stereocenters. The molecule has 388 valence electrons. The molecule has 0 spiro atoms. The number of benzene rings is 2. The van der Waals surface area contributed by atoms with Crippen LogP contribution in [0.1, 0.15) is 154 Å². The molecule has 2 aromatic rings. The molecule has 1 saturated carbocycles. The zero-order chi connectivity index (χ0) is 49.9. The first-order valence-electron chi connectivity index (χ1n) is 26.1. The van der Waals surface area contributed by atoms with Crippen molar-refractivity contribution in [3.8, 4) is 23.0 Å². The fraction of sp³-hybridized carbons (Fsp3) is 0.655. The maximum atomic E-state index is 14.7. The van der Waals surface area contributed by atoms with Gasteiger partial charge >= 0.3 is 12.2 Å². The van der Waals surface area contributed by atoms with Gasteiger partial charge in [-0.2, -0.15) is 0 Å². The highest BCUT2D eigenvalue weighted by atomic mass is 35.5. The first-order valence-corrected chi connectivity index (χ1v) is 26.6. The van der Waals surface area contributed by atoms with Crippen molar-refractivity contribution >= 4 is 29.5 Å². The number of unbranched alkanes of at least 4 members (excludes halogenated alkanes) is 11. The van der Waals surface area contributed by atoms with Gasteiger partial charge in [-0.1, -0.05) is 101 Å². The van der Waals surface area contributed by atoms with E-state index in [2.05, 4.69) is 24.9 Å². The molecule has 2 aliphatic carbocycles. The number of allylic oxidation sites excluding steroid dienone is 1. The van der Waals surface area contributed by atoms with Crippen LogP contribution in [0.15, 0.2) is 65.9 Å². The van der Waals surface area contributed by atoms with Crippen LogP contribution in [0.5, 0.6) is 23.0 Å². The summed E-state index contributed by atoms with van der Waals surface area (Å²) < 4.78 is 37.8. The van der Waals surface area contributed by atoms with Gasteiger partial charge in [0.25, 0.3) is 0 Å². The summed E-state index contributed by atoms with van der Waals surface area (Å²) in [6, 6.07) is 10.2. The lowest BCUT2D eigenvalue weighted by Crippen LogP contribution is -2.70. The molecular formula is C55H80ClN3O11. The minimum absolute atomic E-state index is 0.00767. The standard InChI is InChI=1S/C55H80ClN3O11/c1-6-8-9-10-11-12-13-14-15-18-28-57-52(62)68-41-24-26-46-44(35-41)50-42(22-17-20-30-61)40(21-16-19-29-60)34-43-45(58-70-54(3,4)5)36-49(55(69-46,51(43)50)67-31-7-2)59(53(63)64-32-27-56)37-39-23-25-47-48(33-39)66-38-65-47/h7,23-26,33-35,40,42,49-51,60-61H,2,6,8-22,27-32,36-38H2,1,3-5H3,(H,57,62)/t40-,42+,49-,50+,51+,55+/m0/s1. The van der Waals surface area contributed by atoms with E-state index in [1.165, 1.54) is 44.9 Å². The normalized spacial score (nSPS) is 22.6. The van der Waals surface area contributed by atoms with Crippen molar-refractivity contribution in [2.24, 2.45) is 22.9 Å². The third-order valence-corrected chi connectivity index (χ3v) is 13.9.